The Hall–Kier alpha value is -3.52. The number of carbonyl (C=O) groups is 1. The van der Waals surface area contributed by atoms with Crippen LogP contribution in [0.1, 0.15) is 28.8 Å². The number of nitrogens with one attached hydrogen (secondary N) is 1. The van der Waals surface area contributed by atoms with Crippen LogP contribution in [0.3, 0.4) is 0 Å². The summed E-state index contributed by atoms with van der Waals surface area (Å²) < 4.78 is 1.98. The van der Waals surface area contributed by atoms with Crippen LogP contribution >= 0.6 is 0 Å². The molecule has 0 bridgehead atoms. The summed E-state index contributed by atoms with van der Waals surface area (Å²) in [6.07, 6.45) is 9.02. The SMILES string of the molecule is CN(C)C1CCN(C(=O)c2c3c(NCc4cccnc4)ncnc3n3ccccc23)CC1. The van der Waals surface area contributed by atoms with Crippen molar-refractivity contribution in [3.63, 3.8) is 0 Å². The molecule has 0 saturated carbocycles. The largest absolute Gasteiger partial charge is 0.365 e. The van der Waals surface area contributed by atoms with Gasteiger partial charge in [0.1, 0.15) is 12.1 Å². The second kappa shape index (κ2) is 8.55. The van der Waals surface area contributed by atoms with Crippen LogP contribution in [0, 0.1) is 0 Å². The van der Waals surface area contributed by atoms with E-state index in [9.17, 15) is 4.79 Å². The van der Waals surface area contributed by atoms with Gasteiger partial charge in [-0.1, -0.05) is 12.1 Å². The normalized spacial score (nSPS) is 15.0. The van der Waals surface area contributed by atoms with Crippen molar-refractivity contribution in [2.24, 2.45) is 0 Å². The molecule has 0 atom stereocenters. The molecule has 5 heterocycles. The highest BCUT2D eigenvalue weighted by Crippen LogP contribution is 2.32. The van der Waals surface area contributed by atoms with Gasteiger partial charge < -0.3 is 19.5 Å². The molecule has 1 aliphatic heterocycles. The van der Waals surface area contributed by atoms with Crippen molar-refractivity contribution in [3.05, 3.63) is 66.4 Å². The lowest BCUT2D eigenvalue weighted by Crippen LogP contribution is -2.44. The van der Waals surface area contributed by atoms with E-state index < -0.39 is 0 Å². The summed E-state index contributed by atoms with van der Waals surface area (Å²) >= 11 is 0. The number of carbonyl (C=O) groups excluding carboxylic acids is 1. The maximum absolute atomic E-state index is 13.8. The highest BCUT2D eigenvalue weighted by molar-refractivity contribution is 6.16. The molecule has 0 aliphatic carbocycles. The minimum atomic E-state index is 0.0418. The minimum Gasteiger partial charge on any atom is -0.365 e. The van der Waals surface area contributed by atoms with E-state index in [1.807, 2.05) is 52.0 Å². The summed E-state index contributed by atoms with van der Waals surface area (Å²) in [6.45, 7) is 2.06. The fraction of sp³-hybridized carbons (Fsp3) is 0.333. The van der Waals surface area contributed by atoms with Gasteiger partial charge in [0.2, 0.25) is 0 Å². The Bertz CT molecular complexity index is 1240. The summed E-state index contributed by atoms with van der Waals surface area (Å²) in [5, 5.41) is 4.17. The van der Waals surface area contributed by atoms with Gasteiger partial charge in [-0.25, -0.2) is 9.97 Å². The average molecular weight is 430 g/mol. The Balaban J connectivity index is 1.55. The van der Waals surface area contributed by atoms with E-state index in [1.165, 1.54) is 0 Å². The molecule has 1 N–H and O–H groups in total. The zero-order valence-corrected chi connectivity index (χ0v) is 18.4. The first-order chi connectivity index (χ1) is 15.6. The van der Waals surface area contributed by atoms with Crippen LogP contribution in [0.5, 0.6) is 0 Å². The number of anilines is 1. The fourth-order valence-electron chi connectivity index (χ4n) is 4.53. The van der Waals surface area contributed by atoms with E-state index in [4.69, 9.17) is 0 Å². The van der Waals surface area contributed by atoms with Crippen molar-refractivity contribution in [2.45, 2.75) is 25.4 Å². The van der Waals surface area contributed by atoms with E-state index in [1.54, 1.807) is 12.5 Å². The Morgan fingerprint density at radius 3 is 2.75 bits per heavy atom. The summed E-state index contributed by atoms with van der Waals surface area (Å²) in [7, 11) is 4.21. The maximum atomic E-state index is 13.8. The van der Waals surface area contributed by atoms with Crippen molar-refractivity contribution >= 4 is 28.3 Å². The molecular formula is C24H27N7O. The first-order valence-electron chi connectivity index (χ1n) is 11.0. The zero-order chi connectivity index (χ0) is 22.1. The molecule has 5 rings (SSSR count). The highest BCUT2D eigenvalue weighted by atomic mass is 16.2. The Kier molecular flexibility index (Phi) is 5.45. The monoisotopic (exact) mass is 429 g/mol. The van der Waals surface area contributed by atoms with Crippen molar-refractivity contribution in [2.75, 3.05) is 32.5 Å². The molecule has 4 aromatic heterocycles. The lowest BCUT2D eigenvalue weighted by molar-refractivity contribution is 0.0667. The van der Waals surface area contributed by atoms with Gasteiger partial charge in [-0.05, 0) is 50.7 Å². The number of rotatable bonds is 5. The van der Waals surface area contributed by atoms with Gasteiger partial charge in [-0.2, -0.15) is 0 Å². The van der Waals surface area contributed by atoms with Crippen LogP contribution in [0.15, 0.2) is 55.2 Å². The summed E-state index contributed by atoms with van der Waals surface area (Å²) in [5.41, 5.74) is 3.29. The van der Waals surface area contributed by atoms with Crippen LogP contribution < -0.4 is 5.32 Å². The Morgan fingerprint density at radius 1 is 1.16 bits per heavy atom. The molecule has 1 amide bonds. The molecule has 0 aromatic carbocycles. The second-order valence-corrected chi connectivity index (χ2v) is 8.45. The smallest absolute Gasteiger partial charge is 0.256 e. The third-order valence-electron chi connectivity index (χ3n) is 6.30. The summed E-state index contributed by atoms with van der Waals surface area (Å²) in [5.74, 6) is 0.703. The number of amides is 1. The standard InChI is InChI=1S/C24H27N7O/c1-29(2)18-8-12-30(13-9-18)24(32)20-19-7-3-4-11-31(19)23-21(20)22(27-16-28-23)26-15-17-6-5-10-25-14-17/h3-7,10-11,14,16,18H,8-9,12-13,15H2,1-2H3,(H,26,27,28). The van der Waals surface area contributed by atoms with Gasteiger partial charge >= 0.3 is 0 Å². The van der Waals surface area contributed by atoms with Crippen LogP contribution in [0.2, 0.25) is 0 Å². The van der Waals surface area contributed by atoms with Crippen LogP contribution in [0.4, 0.5) is 5.82 Å². The molecule has 0 unspecified atom stereocenters. The van der Waals surface area contributed by atoms with E-state index in [-0.39, 0.29) is 5.91 Å². The molecule has 1 fully saturated rings. The second-order valence-electron chi connectivity index (χ2n) is 8.45. The lowest BCUT2D eigenvalue weighted by atomic mass is 10.0. The predicted molar refractivity (Wildman–Crippen MR) is 125 cm³/mol. The van der Waals surface area contributed by atoms with E-state index in [0.717, 1.165) is 48.0 Å². The third kappa shape index (κ3) is 3.67. The summed E-state index contributed by atoms with van der Waals surface area (Å²) in [4.78, 5) is 31.2. The molecule has 4 aromatic rings. The first kappa shape index (κ1) is 20.4. The van der Waals surface area contributed by atoms with Crippen molar-refractivity contribution < 1.29 is 4.79 Å². The van der Waals surface area contributed by atoms with Crippen molar-refractivity contribution in [3.8, 4) is 0 Å². The summed E-state index contributed by atoms with van der Waals surface area (Å²) in [6, 6.07) is 10.3. The highest BCUT2D eigenvalue weighted by Gasteiger charge is 2.29. The van der Waals surface area contributed by atoms with Crippen LogP contribution in [-0.2, 0) is 6.54 Å². The van der Waals surface area contributed by atoms with Crippen LogP contribution in [0.25, 0.3) is 16.6 Å². The molecule has 0 spiro atoms. The van der Waals surface area contributed by atoms with Crippen molar-refractivity contribution in [1.82, 2.24) is 29.2 Å². The zero-order valence-electron chi connectivity index (χ0n) is 18.4. The number of piperidine rings is 1. The molecule has 1 saturated heterocycles. The quantitative estimate of drug-likeness (QED) is 0.525. The first-order valence-corrected chi connectivity index (χ1v) is 11.0. The minimum absolute atomic E-state index is 0.0418. The number of hydrogen-bond acceptors (Lipinski definition) is 6. The lowest BCUT2D eigenvalue weighted by Gasteiger charge is -2.35. The topological polar surface area (TPSA) is 78.7 Å². The average Bonchev–Trinajstić information content (AvgIpc) is 3.18. The molecular weight excluding hydrogens is 402 g/mol. The molecule has 164 valence electrons. The predicted octanol–water partition coefficient (Wildman–Crippen LogP) is 3.06. The van der Waals surface area contributed by atoms with Gasteiger partial charge in [0.25, 0.3) is 5.91 Å². The number of nitrogens with zero attached hydrogens (tertiary/aromatic N) is 6. The number of likely N-dealkylation sites (tertiary alicyclic amines) is 1. The Morgan fingerprint density at radius 2 is 2.00 bits per heavy atom. The van der Waals surface area contributed by atoms with Gasteiger partial charge in [-0.15, -0.1) is 0 Å². The number of hydrogen-bond donors (Lipinski definition) is 1. The molecule has 8 nitrogen and oxygen atoms in total. The number of fused-ring (bicyclic) bond motifs is 3. The number of aromatic nitrogens is 4. The number of pyridine rings is 2. The molecule has 32 heavy (non-hydrogen) atoms. The Labute approximate surface area is 186 Å². The van der Waals surface area contributed by atoms with Gasteiger partial charge in [0, 0.05) is 44.3 Å². The maximum Gasteiger partial charge on any atom is 0.256 e. The molecule has 0 radical (unpaired) electrons. The van der Waals surface area contributed by atoms with Crippen molar-refractivity contribution in [1.29, 1.82) is 0 Å². The van der Waals surface area contributed by atoms with Crippen LogP contribution in [-0.4, -0.2) is 68.3 Å². The van der Waals surface area contributed by atoms with E-state index in [2.05, 4.69) is 39.3 Å². The molecule has 1 aliphatic rings. The van der Waals surface area contributed by atoms with E-state index in [0.29, 0.717) is 24.0 Å². The van der Waals surface area contributed by atoms with Gasteiger partial charge in [0.05, 0.1) is 16.5 Å². The third-order valence-corrected chi connectivity index (χ3v) is 6.30. The van der Waals surface area contributed by atoms with Gasteiger partial charge in [-0.3, -0.25) is 9.78 Å². The van der Waals surface area contributed by atoms with Gasteiger partial charge in [0.15, 0.2) is 5.65 Å². The van der Waals surface area contributed by atoms with E-state index >= 15 is 0 Å². The fourth-order valence-corrected chi connectivity index (χ4v) is 4.53. The molecule has 8 heteroatoms.